The lowest BCUT2D eigenvalue weighted by Gasteiger charge is -2.40. The first-order valence-electron chi connectivity index (χ1n) is 8.77. The third-order valence-electron chi connectivity index (χ3n) is 6.20. The Kier molecular flexibility index (Phi) is 5.34. The van der Waals surface area contributed by atoms with Gasteiger partial charge in [0.15, 0.2) is 0 Å². The fourth-order valence-electron chi connectivity index (χ4n) is 4.60. The van der Waals surface area contributed by atoms with Crippen molar-refractivity contribution in [3.05, 3.63) is 0 Å². The second-order valence-electron chi connectivity index (χ2n) is 7.68. The quantitative estimate of drug-likeness (QED) is 0.699. The van der Waals surface area contributed by atoms with E-state index in [1.54, 1.807) is 0 Å². The summed E-state index contributed by atoms with van der Waals surface area (Å²) in [7, 11) is 0. The van der Waals surface area contributed by atoms with E-state index >= 15 is 0 Å². The van der Waals surface area contributed by atoms with Crippen LogP contribution in [0.5, 0.6) is 0 Å². The van der Waals surface area contributed by atoms with Gasteiger partial charge >= 0.3 is 0 Å². The first-order chi connectivity index (χ1) is 9.05. The maximum Gasteiger partial charge on any atom is 0.0676 e. The Labute approximate surface area is 120 Å². The molecular weight excluding hydrogens is 232 g/mol. The van der Waals surface area contributed by atoms with E-state index in [2.05, 4.69) is 20.8 Å². The highest BCUT2D eigenvalue weighted by molar-refractivity contribution is 4.92. The molecule has 0 saturated heterocycles. The van der Waals surface area contributed by atoms with Gasteiger partial charge in [0.2, 0.25) is 0 Å². The minimum absolute atomic E-state index is 0.322. The first-order valence-corrected chi connectivity index (χ1v) is 8.77. The van der Waals surface area contributed by atoms with Gasteiger partial charge in [-0.1, -0.05) is 52.9 Å². The second kappa shape index (κ2) is 6.61. The summed E-state index contributed by atoms with van der Waals surface area (Å²) in [5.41, 5.74) is -0.322. The Morgan fingerprint density at radius 3 is 2.53 bits per heavy atom. The molecule has 2 aliphatic rings. The van der Waals surface area contributed by atoms with Gasteiger partial charge in [0, 0.05) is 0 Å². The summed E-state index contributed by atoms with van der Waals surface area (Å²) in [6.07, 6.45) is 12.6. The van der Waals surface area contributed by atoms with Gasteiger partial charge in [-0.05, 0) is 55.8 Å². The molecule has 1 N–H and O–H groups in total. The van der Waals surface area contributed by atoms with Crippen molar-refractivity contribution in [2.75, 3.05) is 0 Å². The molecule has 2 fully saturated rings. The second-order valence-corrected chi connectivity index (χ2v) is 7.68. The normalized spacial score (nSPS) is 41.2. The molecule has 0 spiro atoms. The fraction of sp³-hybridized carbons (Fsp3) is 1.00. The molecule has 1 heteroatoms. The van der Waals surface area contributed by atoms with E-state index in [4.69, 9.17) is 0 Å². The van der Waals surface area contributed by atoms with Crippen LogP contribution in [-0.4, -0.2) is 10.7 Å². The van der Waals surface area contributed by atoms with E-state index in [0.717, 1.165) is 30.6 Å². The Hall–Kier alpha value is -0.0400. The Morgan fingerprint density at radius 1 is 1.05 bits per heavy atom. The Balaban J connectivity index is 1.97. The molecule has 1 nitrogen and oxygen atoms in total. The van der Waals surface area contributed by atoms with E-state index in [9.17, 15) is 5.11 Å². The predicted octanol–water partition coefficient (Wildman–Crippen LogP) is 5.17. The summed E-state index contributed by atoms with van der Waals surface area (Å²) in [6.45, 7) is 7.02. The van der Waals surface area contributed by atoms with Crippen LogP contribution in [-0.2, 0) is 0 Å². The topological polar surface area (TPSA) is 20.2 Å². The molecule has 4 atom stereocenters. The predicted molar refractivity (Wildman–Crippen MR) is 82.1 cm³/mol. The van der Waals surface area contributed by atoms with Crippen molar-refractivity contribution in [3.8, 4) is 0 Å². The Bertz CT molecular complexity index is 273. The molecule has 0 aromatic heterocycles. The van der Waals surface area contributed by atoms with Gasteiger partial charge in [-0.2, -0.15) is 0 Å². The SMILES string of the molecule is CCC1CCCC(C2(O)CCCC(C(C)C)CC2)C1. The number of rotatable bonds is 3. The highest BCUT2D eigenvalue weighted by atomic mass is 16.3. The lowest BCUT2D eigenvalue weighted by molar-refractivity contribution is -0.0542. The first kappa shape index (κ1) is 15.4. The summed E-state index contributed by atoms with van der Waals surface area (Å²) in [6, 6.07) is 0. The molecule has 0 amide bonds. The van der Waals surface area contributed by atoms with Crippen molar-refractivity contribution in [1.29, 1.82) is 0 Å². The van der Waals surface area contributed by atoms with Gasteiger partial charge in [-0.3, -0.25) is 0 Å². The van der Waals surface area contributed by atoms with Crippen LogP contribution in [0.1, 0.15) is 85.0 Å². The van der Waals surface area contributed by atoms with Crippen LogP contribution in [0, 0.1) is 23.7 Å². The van der Waals surface area contributed by atoms with Crippen LogP contribution in [0.2, 0.25) is 0 Å². The molecule has 2 saturated carbocycles. The van der Waals surface area contributed by atoms with Gasteiger partial charge in [0.1, 0.15) is 0 Å². The minimum Gasteiger partial charge on any atom is -0.390 e. The van der Waals surface area contributed by atoms with Crippen molar-refractivity contribution < 1.29 is 5.11 Å². The molecule has 4 unspecified atom stereocenters. The standard InChI is InChI=1S/C18H34O/c1-4-15-7-5-9-17(13-15)18(19)11-6-8-16(10-12-18)14(2)3/h14-17,19H,4-13H2,1-3H3. The van der Waals surface area contributed by atoms with Crippen LogP contribution in [0.4, 0.5) is 0 Å². The largest absolute Gasteiger partial charge is 0.390 e. The smallest absolute Gasteiger partial charge is 0.0676 e. The summed E-state index contributed by atoms with van der Waals surface area (Å²) in [4.78, 5) is 0. The number of aliphatic hydroxyl groups is 1. The number of hydrogen-bond donors (Lipinski definition) is 1. The molecule has 2 aliphatic carbocycles. The summed E-state index contributed by atoms with van der Waals surface area (Å²) >= 11 is 0. The van der Waals surface area contributed by atoms with E-state index in [0.29, 0.717) is 5.92 Å². The van der Waals surface area contributed by atoms with Crippen molar-refractivity contribution in [2.45, 2.75) is 90.6 Å². The molecule has 0 aromatic rings. The zero-order valence-electron chi connectivity index (χ0n) is 13.3. The van der Waals surface area contributed by atoms with Gasteiger partial charge in [0.05, 0.1) is 5.60 Å². The van der Waals surface area contributed by atoms with Crippen LogP contribution >= 0.6 is 0 Å². The van der Waals surface area contributed by atoms with E-state index in [1.165, 1.54) is 51.4 Å². The average molecular weight is 266 g/mol. The van der Waals surface area contributed by atoms with Crippen LogP contribution in [0.15, 0.2) is 0 Å². The van der Waals surface area contributed by atoms with Crippen molar-refractivity contribution in [2.24, 2.45) is 23.7 Å². The lowest BCUT2D eigenvalue weighted by Crippen LogP contribution is -2.40. The van der Waals surface area contributed by atoms with Gasteiger partial charge in [-0.15, -0.1) is 0 Å². The van der Waals surface area contributed by atoms with E-state index in [-0.39, 0.29) is 5.60 Å². The van der Waals surface area contributed by atoms with Crippen molar-refractivity contribution >= 4 is 0 Å². The summed E-state index contributed by atoms with van der Waals surface area (Å²) < 4.78 is 0. The van der Waals surface area contributed by atoms with E-state index in [1.807, 2.05) is 0 Å². The molecular formula is C18H34O. The van der Waals surface area contributed by atoms with Gasteiger partial charge in [-0.25, -0.2) is 0 Å². The maximum absolute atomic E-state index is 11.2. The molecule has 0 aliphatic heterocycles. The average Bonchev–Trinajstić information content (AvgIpc) is 2.62. The molecule has 112 valence electrons. The fourth-order valence-corrected chi connectivity index (χ4v) is 4.60. The zero-order valence-corrected chi connectivity index (χ0v) is 13.3. The monoisotopic (exact) mass is 266 g/mol. The molecule has 19 heavy (non-hydrogen) atoms. The zero-order chi connectivity index (χ0) is 13.9. The molecule has 0 bridgehead atoms. The van der Waals surface area contributed by atoms with Crippen LogP contribution in [0.25, 0.3) is 0 Å². The summed E-state index contributed by atoms with van der Waals surface area (Å²) in [5, 5.41) is 11.2. The molecule has 0 radical (unpaired) electrons. The third-order valence-corrected chi connectivity index (χ3v) is 6.20. The third kappa shape index (κ3) is 3.74. The highest BCUT2D eigenvalue weighted by Gasteiger charge is 2.40. The van der Waals surface area contributed by atoms with Crippen molar-refractivity contribution in [3.63, 3.8) is 0 Å². The van der Waals surface area contributed by atoms with Crippen molar-refractivity contribution in [1.82, 2.24) is 0 Å². The summed E-state index contributed by atoms with van der Waals surface area (Å²) in [5.74, 6) is 3.11. The minimum atomic E-state index is -0.322. The molecule has 0 aromatic carbocycles. The van der Waals surface area contributed by atoms with E-state index < -0.39 is 0 Å². The van der Waals surface area contributed by atoms with Crippen LogP contribution < -0.4 is 0 Å². The lowest BCUT2D eigenvalue weighted by atomic mass is 9.69. The van der Waals surface area contributed by atoms with Gasteiger partial charge in [0.25, 0.3) is 0 Å². The highest BCUT2D eigenvalue weighted by Crippen LogP contribution is 2.44. The number of hydrogen-bond acceptors (Lipinski definition) is 1. The van der Waals surface area contributed by atoms with Crippen LogP contribution in [0.3, 0.4) is 0 Å². The molecule has 2 rings (SSSR count). The maximum atomic E-state index is 11.2. The van der Waals surface area contributed by atoms with Gasteiger partial charge < -0.3 is 5.11 Å². The Morgan fingerprint density at radius 2 is 1.84 bits per heavy atom. The molecule has 0 heterocycles.